The van der Waals surface area contributed by atoms with Gasteiger partial charge in [-0.25, -0.2) is 13.4 Å². The fraction of sp³-hybridized carbons (Fsp3) is 0.222. The zero-order chi connectivity index (χ0) is 23.8. The van der Waals surface area contributed by atoms with E-state index in [9.17, 15) is 8.42 Å². The number of benzene rings is 3. The predicted molar refractivity (Wildman–Crippen MR) is 135 cm³/mol. The van der Waals surface area contributed by atoms with Gasteiger partial charge in [-0.2, -0.15) is 4.52 Å². The minimum atomic E-state index is -3.86. The Balaban J connectivity index is 1.38. The first kappa shape index (κ1) is 21.7. The average Bonchev–Trinajstić information content (AvgIpc) is 3.35. The molecule has 5 aromatic rings. The van der Waals surface area contributed by atoms with Crippen LogP contribution in [0.2, 0.25) is 0 Å². The summed E-state index contributed by atoms with van der Waals surface area (Å²) in [6.07, 6.45) is 3.19. The molecule has 3 aromatic carbocycles. The van der Waals surface area contributed by atoms with E-state index in [0.717, 1.165) is 49.1 Å². The van der Waals surface area contributed by atoms with Crippen molar-refractivity contribution in [3.05, 3.63) is 90.5 Å². The van der Waals surface area contributed by atoms with Gasteiger partial charge in [0.25, 0.3) is 0 Å². The average molecular weight is 484 g/mol. The van der Waals surface area contributed by atoms with E-state index >= 15 is 0 Å². The molecule has 0 unspecified atom stereocenters. The largest absolute Gasteiger partial charge is 0.356 e. The Kier molecular flexibility index (Phi) is 5.45. The zero-order valence-corrected chi connectivity index (χ0v) is 20.0. The Labute approximate surface area is 204 Å². The zero-order valence-electron chi connectivity index (χ0n) is 19.2. The summed E-state index contributed by atoms with van der Waals surface area (Å²) < 4.78 is 28.3. The summed E-state index contributed by atoms with van der Waals surface area (Å²) in [6, 6.07) is 26.8. The molecule has 0 bridgehead atoms. The van der Waals surface area contributed by atoms with Gasteiger partial charge in [-0.3, -0.25) is 0 Å². The van der Waals surface area contributed by atoms with E-state index in [0.29, 0.717) is 5.92 Å². The molecule has 2 aromatic heterocycles. The maximum atomic E-state index is 13.4. The molecule has 35 heavy (non-hydrogen) atoms. The normalized spacial score (nSPS) is 15.1. The van der Waals surface area contributed by atoms with Crippen LogP contribution in [0.4, 0.5) is 5.82 Å². The minimum Gasteiger partial charge on any atom is -0.356 e. The van der Waals surface area contributed by atoms with Crippen LogP contribution in [0, 0.1) is 5.92 Å². The number of hydrogen-bond donors (Lipinski definition) is 0. The van der Waals surface area contributed by atoms with Crippen molar-refractivity contribution < 1.29 is 8.42 Å². The van der Waals surface area contributed by atoms with Crippen LogP contribution in [0.5, 0.6) is 0 Å². The van der Waals surface area contributed by atoms with Gasteiger partial charge in [0.15, 0.2) is 5.65 Å². The molecular weight excluding hydrogens is 458 g/mol. The second kappa shape index (κ2) is 8.78. The molecule has 0 atom stereocenters. The fourth-order valence-electron chi connectivity index (χ4n) is 4.95. The van der Waals surface area contributed by atoms with E-state index in [1.807, 2.05) is 24.3 Å². The SMILES string of the molecule is O=S(=O)(c1ccccc1)c1nnn2c1nc(N1CCC(Cc3ccccc3)CC1)c1ccccc12. The first-order valence-electron chi connectivity index (χ1n) is 11.8. The maximum Gasteiger partial charge on any atom is 0.229 e. The predicted octanol–water partition coefficient (Wildman–Crippen LogP) is 4.57. The number of nitrogens with zero attached hydrogens (tertiary/aromatic N) is 5. The minimum absolute atomic E-state index is 0.116. The number of piperidine rings is 1. The Hall–Kier alpha value is -3.78. The Morgan fingerprint density at radius 2 is 1.49 bits per heavy atom. The third-order valence-electron chi connectivity index (χ3n) is 6.79. The molecule has 0 amide bonds. The summed E-state index contributed by atoms with van der Waals surface area (Å²) >= 11 is 0. The van der Waals surface area contributed by atoms with Gasteiger partial charge in [0.2, 0.25) is 14.9 Å². The Morgan fingerprint density at radius 1 is 0.829 bits per heavy atom. The smallest absolute Gasteiger partial charge is 0.229 e. The number of rotatable bonds is 5. The van der Waals surface area contributed by atoms with Crippen molar-refractivity contribution in [1.82, 2.24) is 19.8 Å². The molecule has 8 heteroatoms. The molecule has 1 saturated heterocycles. The van der Waals surface area contributed by atoms with E-state index in [1.54, 1.807) is 30.3 Å². The van der Waals surface area contributed by atoms with Gasteiger partial charge in [0.1, 0.15) is 5.82 Å². The molecule has 1 fully saturated rings. The standard InChI is InChI=1S/C27H25N5O2S/c33-35(34,22-11-5-2-6-12-22)27-26-28-25(23-13-7-8-14-24(23)32(26)30-29-27)31-17-15-21(16-18-31)19-20-9-3-1-4-10-20/h1-14,21H,15-19H2. The highest BCUT2D eigenvalue weighted by atomic mass is 32.2. The number of aromatic nitrogens is 4. The van der Waals surface area contributed by atoms with Gasteiger partial charge in [-0.1, -0.05) is 65.9 Å². The van der Waals surface area contributed by atoms with Gasteiger partial charge < -0.3 is 4.90 Å². The van der Waals surface area contributed by atoms with E-state index < -0.39 is 9.84 Å². The molecule has 176 valence electrons. The van der Waals surface area contributed by atoms with Crippen LogP contribution in [0.15, 0.2) is 94.9 Å². The number of sulfone groups is 1. The lowest BCUT2D eigenvalue weighted by Crippen LogP contribution is -2.35. The van der Waals surface area contributed by atoms with Crippen LogP contribution in [-0.4, -0.2) is 41.3 Å². The summed E-state index contributed by atoms with van der Waals surface area (Å²) in [5, 5.41) is 9.10. The number of para-hydroxylation sites is 1. The fourth-order valence-corrected chi connectivity index (χ4v) is 6.21. The topological polar surface area (TPSA) is 80.5 Å². The Morgan fingerprint density at radius 3 is 2.23 bits per heavy atom. The van der Waals surface area contributed by atoms with Crippen LogP contribution >= 0.6 is 0 Å². The van der Waals surface area contributed by atoms with Crippen LogP contribution in [-0.2, 0) is 16.3 Å². The van der Waals surface area contributed by atoms with Crippen molar-refractivity contribution in [3.8, 4) is 0 Å². The van der Waals surface area contributed by atoms with E-state index in [1.165, 1.54) is 10.1 Å². The summed E-state index contributed by atoms with van der Waals surface area (Å²) in [5.41, 5.74) is 2.42. The monoisotopic (exact) mass is 483 g/mol. The van der Waals surface area contributed by atoms with Crippen LogP contribution in [0.3, 0.4) is 0 Å². The molecular formula is C27H25N5O2S. The highest BCUT2D eigenvalue weighted by Crippen LogP contribution is 2.32. The number of hydrogen-bond acceptors (Lipinski definition) is 6. The summed E-state index contributed by atoms with van der Waals surface area (Å²) in [5.74, 6) is 1.41. The lowest BCUT2D eigenvalue weighted by molar-refractivity contribution is 0.403. The van der Waals surface area contributed by atoms with E-state index in [4.69, 9.17) is 4.98 Å². The molecule has 0 aliphatic carbocycles. The first-order chi connectivity index (χ1) is 17.1. The van der Waals surface area contributed by atoms with Gasteiger partial charge in [0, 0.05) is 18.5 Å². The first-order valence-corrected chi connectivity index (χ1v) is 13.3. The summed E-state index contributed by atoms with van der Waals surface area (Å²) in [7, 11) is -3.86. The van der Waals surface area contributed by atoms with Gasteiger partial charge >= 0.3 is 0 Å². The lowest BCUT2D eigenvalue weighted by atomic mass is 9.90. The molecule has 6 rings (SSSR count). The summed E-state index contributed by atoms with van der Waals surface area (Å²) in [4.78, 5) is 7.33. The third kappa shape index (κ3) is 3.93. The second-order valence-corrected chi connectivity index (χ2v) is 10.9. The molecule has 1 aliphatic heterocycles. The van der Waals surface area contributed by atoms with Crippen molar-refractivity contribution in [3.63, 3.8) is 0 Å². The molecule has 7 nitrogen and oxygen atoms in total. The molecule has 0 saturated carbocycles. The van der Waals surface area contributed by atoms with Crippen molar-refractivity contribution in [2.45, 2.75) is 29.2 Å². The van der Waals surface area contributed by atoms with Crippen molar-refractivity contribution in [2.75, 3.05) is 18.0 Å². The second-order valence-electron chi connectivity index (χ2n) is 9.02. The third-order valence-corrected chi connectivity index (χ3v) is 8.46. The highest BCUT2D eigenvalue weighted by Gasteiger charge is 2.29. The summed E-state index contributed by atoms with van der Waals surface area (Å²) in [6.45, 7) is 1.74. The molecule has 0 radical (unpaired) electrons. The molecule has 3 heterocycles. The molecule has 0 spiro atoms. The molecule has 1 aliphatic rings. The van der Waals surface area contributed by atoms with Crippen LogP contribution < -0.4 is 4.90 Å². The molecule has 0 N–H and O–H groups in total. The van der Waals surface area contributed by atoms with Gasteiger partial charge in [-0.05, 0) is 55.0 Å². The van der Waals surface area contributed by atoms with Gasteiger partial charge in [-0.15, -0.1) is 5.10 Å². The highest BCUT2D eigenvalue weighted by molar-refractivity contribution is 7.91. The van der Waals surface area contributed by atoms with E-state index in [-0.39, 0.29) is 15.6 Å². The van der Waals surface area contributed by atoms with Crippen LogP contribution in [0.1, 0.15) is 18.4 Å². The number of anilines is 1. The van der Waals surface area contributed by atoms with Crippen molar-refractivity contribution in [1.29, 1.82) is 0 Å². The van der Waals surface area contributed by atoms with Crippen molar-refractivity contribution >= 4 is 32.2 Å². The quantitative estimate of drug-likeness (QED) is 0.364. The van der Waals surface area contributed by atoms with Crippen molar-refractivity contribution in [2.24, 2.45) is 5.92 Å². The Bertz CT molecular complexity index is 1590. The van der Waals surface area contributed by atoms with Crippen LogP contribution in [0.25, 0.3) is 16.6 Å². The maximum absolute atomic E-state index is 13.4. The lowest BCUT2D eigenvalue weighted by Gasteiger charge is -2.33. The van der Waals surface area contributed by atoms with E-state index in [2.05, 4.69) is 45.5 Å². The number of fused-ring (bicyclic) bond motifs is 3. The van der Waals surface area contributed by atoms with Gasteiger partial charge in [0.05, 0.1) is 10.4 Å².